The fourth-order valence-corrected chi connectivity index (χ4v) is 2.53. The molecular formula is C17H28O4. The van der Waals surface area contributed by atoms with Crippen LogP contribution in [0.2, 0.25) is 0 Å². The number of carbonyl (C=O) groups excluding carboxylic acids is 2. The summed E-state index contributed by atoms with van der Waals surface area (Å²) in [6.45, 7) is 6.91. The topological polar surface area (TPSA) is 52.6 Å². The Morgan fingerprint density at radius 3 is 2.19 bits per heavy atom. The van der Waals surface area contributed by atoms with Crippen molar-refractivity contribution in [1.29, 1.82) is 0 Å². The molecule has 1 aliphatic rings. The molecule has 21 heavy (non-hydrogen) atoms. The summed E-state index contributed by atoms with van der Waals surface area (Å²) in [7, 11) is 0. The third-order valence-corrected chi connectivity index (χ3v) is 3.89. The highest BCUT2D eigenvalue weighted by molar-refractivity contribution is 5.83. The molecule has 0 aromatic heterocycles. The number of esters is 2. The normalized spacial score (nSPS) is 24.6. The molecule has 0 spiro atoms. The minimum atomic E-state index is -0.416. The molecule has 0 saturated carbocycles. The van der Waals surface area contributed by atoms with E-state index < -0.39 is 11.8 Å². The molecule has 4 nitrogen and oxygen atoms in total. The molecule has 0 aromatic carbocycles. The zero-order chi connectivity index (χ0) is 15.7. The number of carbonyl (C=O) groups is 2. The second kappa shape index (κ2) is 9.59. The van der Waals surface area contributed by atoms with E-state index in [4.69, 9.17) is 9.47 Å². The molecule has 3 unspecified atom stereocenters. The van der Waals surface area contributed by atoms with Gasteiger partial charge in [-0.25, -0.2) is 0 Å². The van der Waals surface area contributed by atoms with Crippen LogP contribution in [0.1, 0.15) is 52.9 Å². The van der Waals surface area contributed by atoms with Crippen molar-refractivity contribution in [3.05, 3.63) is 12.2 Å². The number of hydrogen-bond acceptors (Lipinski definition) is 4. The van der Waals surface area contributed by atoms with Gasteiger partial charge in [-0.15, -0.1) is 0 Å². The van der Waals surface area contributed by atoms with E-state index >= 15 is 0 Å². The minimum Gasteiger partial charge on any atom is -0.465 e. The molecule has 1 aliphatic carbocycles. The lowest BCUT2D eigenvalue weighted by molar-refractivity contribution is -0.162. The van der Waals surface area contributed by atoms with E-state index in [1.807, 2.05) is 32.9 Å². The highest BCUT2D eigenvalue weighted by atomic mass is 16.5. The molecular weight excluding hydrogens is 268 g/mol. The predicted octanol–water partition coefficient (Wildman–Crippen LogP) is 3.50. The van der Waals surface area contributed by atoms with Gasteiger partial charge in [0.1, 0.15) is 0 Å². The van der Waals surface area contributed by atoms with E-state index in [2.05, 4.69) is 0 Å². The summed E-state index contributed by atoms with van der Waals surface area (Å²) >= 11 is 0. The first-order valence-electron chi connectivity index (χ1n) is 8.11. The maximum absolute atomic E-state index is 12.3. The predicted molar refractivity (Wildman–Crippen MR) is 81.6 cm³/mol. The number of rotatable bonds is 8. The first-order chi connectivity index (χ1) is 10.1. The van der Waals surface area contributed by atoms with Gasteiger partial charge in [0.05, 0.1) is 25.0 Å². The van der Waals surface area contributed by atoms with Crippen molar-refractivity contribution in [2.45, 2.75) is 52.9 Å². The zero-order valence-electron chi connectivity index (χ0n) is 13.5. The SMILES string of the molecule is CCCCOC(=O)C1CC=CC(C)C1C(=O)OCCCC. The van der Waals surface area contributed by atoms with E-state index in [9.17, 15) is 9.59 Å². The molecule has 120 valence electrons. The maximum atomic E-state index is 12.3. The Morgan fingerprint density at radius 2 is 1.62 bits per heavy atom. The van der Waals surface area contributed by atoms with Crippen LogP contribution in [-0.2, 0) is 19.1 Å². The lowest BCUT2D eigenvalue weighted by Gasteiger charge is -2.29. The van der Waals surface area contributed by atoms with Crippen LogP contribution in [-0.4, -0.2) is 25.2 Å². The minimum absolute atomic E-state index is 0.0107. The average molecular weight is 296 g/mol. The van der Waals surface area contributed by atoms with Crippen molar-refractivity contribution < 1.29 is 19.1 Å². The fraction of sp³-hybridized carbons (Fsp3) is 0.765. The fourth-order valence-electron chi connectivity index (χ4n) is 2.53. The molecule has 0 aliphatic heterocycles. The highest BCUT2D eigenvalue weighted by Crippen LogP contribution is 2.32. The third-order valence-electron chi connectivity index (χ3n) is 3.89. The van der Waals surface area contributed by atoms with Gasteiger partial charge in [0.2, 0.25) is 0 Å². The van der Waals surface area contributed by atoms with E-state index in [0.29, 0.717) is 19.6 Å². The molecule has 0 heterocycles. The molecule has 4 heteroatoms. The summed E-state index contributed by atoms with van der Waals surface area (Å²) in [5, 5.41) is 0. The van der Waals surface area contributed by atoms with E-state index in [-0.39, 0.29) is 17.9 Å². The Bertz CT molecular complexity index is 362. The van der Waals surface area contributed by atoms with Gasteiger partial charge in [-0.2, -0.15) is 0 Å². The largest absolute Gasteiger partial charge is 0.465 e. The number of ether oxygens (including phenoxy) is 2. The van der Waals surface area contributed by atoms with Crippen molar-refractivity contribution in [3.63, 3.8) is 0 Å². The molecule has 0 amide bonds. The second-order valence-electron chi connectivity index (χ2n) is 5.70. The van der Waals surface area contributed by atoms with Crippen LogP contribution in [0.3, 0.4) is 0 Å². The van der Waals surface area contributed by atoms with Gasteiger partial charge in [-0.1, -0.05) is 45.8 Å². The Kier molecular flexibility index (Phi) is 8.09. The van der Waals surface area contributed by atoms with E-state index in [1.54, 1.807) is 0 Å². The monoisotopic (exact) mass is 296 g/mol. The van der Waals surface area contributed by atoms with Crippen molar-refractivity contribution in [1.82, 2.24) is 0 Å². The van der Waals surface area contributed by atoms with Gasteiger partial charge in [0, 0.05) is 0 Å². The van der Waals surface area contributed by atoms with Crippen molar-refractivity contribution >= 4 is 11.9 Å². The van der Waals surface area contributed by atoms with Crippen LogP contribution < -0.4 is 0 Å². The van der Waals surface area contributed by atoms with Gasteiger partial charge in [0.15, 0.2) is 0 Å². The summed E-state index contributed by atoms with van der Waals surface area (Å²) in [5.74, 6) is -1.34. The Balaban J connectivity index is 2.63. The van der Waals surface area contributed by atoms with Crippen molar-refractivity contribution in [2.75, 3.05) is 13.2 Å². The quantitative estimate of drug-likeness (QED) is 0.391. The summed E-state index contributed by atoms with van der Waals surface area (Å²) in [6.07, 6.45) is 8.19. The molecule has 0 N–H and O–H groups in total. The summed E-state index contributed by atoms with van der Waals surface area (Å²) < 4.78 is 10.6. The first-order valence-corrected chi connectivity index (χ1v) is 8.11. The molecule has 0 saturated heterocycles. The van der Waals surface area contributed by atoms with E-state index in [0.717, 1.165) is 25.7 Å². The van der Waals surface area contributed by atoms with Crippen molar-refractivity contribution in [3.8, 4) is 0 Å². The first kappa shape index (κ1) is 17.7. The smallest absolute Gasteiger partial charge is 0.310 e. The lowest BCUT2D eigenvalue weighted by atomic mass is 9.76. The Hall–Kier alpha value is -1.32. The molecule has 0 radical (unpaired) electrons. The van der Waals surface area contributed by atoms with Crippen molar-refractivity contribution in [2.24, 2.45) is 17.8 Å². The van der Waals surface area contributed by atoms with Crippen LogP contribution in [0.5, 0.6) is 0 Å². The van der Waals surface area contributed by atoms with Gasteiger partial charge in [0.25, 0.3) is 0 Å². The Morgan fingerprint density at radius 1 is 1.05 bits per heavy atom. The van der Waals surface area contributed by atoms with Gasteiger partial charge in [-0.05, 0) is 25.2 Å². The van der Waals surface area contributed by atoms with Gasteiger partial charge < -0.3 is 9.47 Å². The Labute approximate surface area is 127 Å². The molecule has 0 bridgehead atoms. The maximum Gasteiger partial charge on any atom is 0.310 e. The lowest BCUT2D eigenvalue weighted by Crippen LogP contribution is -2.38. The number of unbranched alkanes of at least 4 members (excludes halogenated alkanes) is 2. The van der Waals surface area contributed by atoms with Gasteiger partial charge in [-0.3, -0.25) is 9.59 Å². The molecule has 0 fully saturated rings. The third kappa shape index (κ3) is 5.52. The van der Waals surface area contributed by atoms with Crippen LogP contribution in [0.25, 0.3) is 0 Å². The summed E-state index contributed by atoms with van der Waals surface area (Å²) in [6, 6.07) is 0. The van der Waals surface area contributed by atoms with Crippen LogP contribution in [0, 0.1) is 17.8 Å². The van der Waals surface area contributed by atoms with Crippen LogP contribution >= 0.6 is 0 Å². The molecule has 1 rings (SSSR count). The summed E-state index contributed by atoms with van der Waals surface area (Å²) in [4.78, 5) is 24.5. The van der Waals surface area contributed by atoms with Crippen LogP contribution in [0.15, 0.2) is 12.2 Å². The zero-order valence-corrected chi connectivity index (χ0v) is 13.5. The number of allylic oxidation sites excluding steroid dienone is 2. The van der Waals surface area contributed by atoms with Crippen LogP contribution in [0.4, 0.5) is 0 Å². The van der Waals surface area contributed by atoms with Gasteiger partial charge >= 0.3 is 11.9 Å². The highest BCUT2D eigenvalue weighted by Gasteiger charge is 2.40. The number of hydrogen-bond donors (Lipinski definition) is 0. The van der Waals surface area contributed by atoms with E-state index in [1.165, 1.54) is 0 Å². The average Bonchev–Trinajstić information content (AvgIpc) is 2.47. The molecule has 0 aromatic rings. The second-order valence-corrected chi connectivity index (χ2v) is 5.70. The molecule has 3 atom stereocenters. The summed E-state index contributed by atoms with van der Waals surface area (Å²) in [5.41, 5.74) is 0. The standard InChI is InChI=1S/C17H28O4/c1-4-6-11-20-16(18)14-10-8-9-13(3)15(14)17(19)21-12-7-5-2/h8-9,13-15H,4-7,10-12H2,1-3H3.